The van der Waals surface area contributed by atoms with Crippen LogP contribution in [0.5, 0.6) is 0 Å². The van der Waals surface area contributed by atoms with Crippen LogP contribution in [-0.4, -0.2) is 34.5 Å². The molecule has 6 heteroatoms. The second kappa shape index (κ2) is 3.09. The molecule has 0 fully saturated rings. The van der Waals surface area contributed by atoms with Crippen LogP contribution in [0.3, 0.4) is 0 Å². The molecule has 0 aliphatic carbocycles. The highest BCUT2D eigenvalue weighted by atomic mass is 19.2. The van der Waals surface area contributed by atoms with Gasteiger partial charge in [-0.3, -0.25) is 0 Å². The molecule has 2 N–H and O–H groups in total. The first-order valence-corrected chi connectivity index (χ1v) is 2.20. The number of aliphatic carboxylic acids is 2. The first-order valence-electron chi connectivity index (χ1n) is 2.20. The van der Waals surface area contributed by atoms with Gasteiger partial charge in [0.05, 0.1) is 0 Å². The summed E-state index contributed by atoms with van der Waals surface area (Å²) in [6.45, 7) is 0. The Labute approximate surface area is 54.1 Å². The van der Waals surface area contributed by atoms with E-state index in [0.29, 0.717) is 0 Å². The first kappa shape index (κ1) is 8.80. The largest absolute Gasteiger partial charge is 0.479 e. The van der Waals surface area contributed by atoms with E-state index in [-0.39, 0.29) is 0 Å². The second-order valence-electron chi connectivity index (χ2n) is 1.48. The van der Waals surface area contributed by atoms with E-state index in [1.54, 1.807) is 0 Å². The van der Waals surface area contributed by atoms with Crippen LogP contribution in [0, 0.1) is 0 Å². The van der Waals surface area contributed by atoms with E-state index in [0.717, 1.165) is 0 Å². The Kier molecular flexibility index (Phi) is 2.72. The lowest BCUT2D eigenvalue weighted by atomic mass is 10.2. The smallest absolute Gasteiger partial charge is 0.342 e. The Balaban J connectivity index is 4.07. The van der Waals surface area contributed by atoms with Crippen molar-refractivity contribution in [2.75, 3.05) is 0 Å². The molecule has 0 spiro atoms. The molecule has 0 heterocycles. The molecule has 0 aromatic rings. The molecule has 0 saturated heterocycles. The molecule has 0 saturated carbocycles. The van der Waals surface area contributed by atoms with Gasteiger partial charge in [0.25, 0.3) is 0 Å². The summed E-state index contributed by atoms with van der Waals surface area (Å²) in [5.41, 5.74) is 0. The standard InChI is InChI=1S/C4H4F2O4/c5-1(3(7)8)2(6)4(9)10/h1-2H,(H,7,8)(H,9,10). The van der Waals surface area contributed by atoms with Crippen molar-refractivity contribution in [3.05, 3.63) is 0 Å². The van der Waals surface area contributed by atoms with Gasteiger partial charge in [-0.05, 0) is 0 Å². The summed E-state index contributed by atoms with van der Waals surface area (Å²) in [5.74, 6) is -4.23. The predicted octanol–water partition coefficient (Wildman–Crippen LogP) is -0.168. The van der Waals surface area contributed by atoms with Crippen LogP contribution in [0.2, 0.25) is 0 Å². The van der Waals surface area contributed by atoms with Crippen molar-refractivity contribution < 1.29 is 28.6 Å². The first-order chi connectivity index (χ1) is 4.46. The minimum Gasteiger partial charge on any atom is -0.479 e. The number of halogens is 2. The van der Waals surface area contributed by atoms with Gasteiger partial charge in [0.1, 0.15) is 0 Å². The van der Waals surface area contributed by atoms with E-state index in [4.69, 9.17) is 10.2 Å². The van der Waals surface area contributed by atoms with Gasteiger partial charge in [-0.25, -0.2) is 18.4 Å². The van der Waals surface area contributed by atoms with Crippen molar-refractivity contribution in [2.45, 2.75) is 12.3 Å². The molecule has 0 bridgehead atoms. The van der Waals surface area contributed by atoms with Gasteiger partial charge in [-0.1, -0.05) is 0 Å². The quantitative estimate of drug-likeness (QED) is 0.591. The summed E-state index contributed by atoms with van der Waals surface area (Å²) in [6, 6.07) is 0. The van der Waals surface area contributed by atoms with Crippen LogP contribution in [0.1, 0.15) is 0 Å². The van der Waals surface area contributed by atoms with Crippen LogP contribution in [0.4, 0.5) is 8.78 Å². The van der Waals surface area contributed by atoms with Gasteiger partial charge in [-0.15, -0.1) is 0 Å². The van der Waals surface area contributed by atoms with E-state index < -0.39 is 24.3 Å². The molecule has 4 nitrogen and oxygen atoms in total. The zero-order valence-electron chi connectivity index (χ0n) is 4.62. The van der Waals surface area contributed by atoms with Gasteiger partial charge in [0.15, 0.2) is 0 Å². The lowest BCUT2D eigenvalue weighted by molar-refractivity contribution is -0.155. The fraction of sp³-hybridized carbons (Fsp3) is 0.500. The molecular weight excluding hydrogens is 150 g/mol. The predicted molar refractivity (Wildman–Crippen MR) is 25.1 cm³/mol. The minimum absolute atomic E-state index is 2.12. The van der Waals surface area contributed by atoms with Crippen molar-refractivity contribution in [3.8, 4) is 0 Å². The lowest BCUT2D eigenvalue weighted by Gasteiger charge is -2.02. The topological polar surface area (TPSA) is 74.6 Å². The van der Waals surface area contributed by atoms with Gasteiger partial charge in [0, 0.05) is 0 Å². The van der Waals surface area contributed by atoms with Gasteiger partial charge in [0.2, 0.25) is 12.3 Å². The Hall–Kier alpha value is -1.20. The van der Waals surface area contributed by atoms with E-state index in [1.165, 1.54) is 0 Å². The van der Waals surface area contributed by atoms with Gasteiger partial charge in [-0.2, -0.15) is 0 Å². The van der Waals surface area contributed by atoms with Gasteiger partial charge < -0.3 is 10.2 Å². The SMILES string of the molecule is O=C(O)C(F)C(F)C(=O)O. The highest BCUT2D eigenvalue weighted by Gasteiger charge is 2.33. The highest BCUT2D eigenvalue weighted by Crippen LogP contribution is 2.03. The lowest BCUT2D eigenvalue weighted by Crippen LogP contribution is -2.32. The van der Waals surface area contributed by atoms with Crippen molar-refractivity contribution in [1.29, 1.82) is 0 Å². The van der Waals surface area contributed by atoms with Crippen LogP contribution in [0.15, 0.2) is 0 Å². The van der Waals surface area contributed by atoms with Crippen LogP contribution in [0.25, 0.3) is 0 Å². The van der Waals surface area contributed by atoms with E-state index >= 15 is 0 Å². The molecule has 0 amide bonds. The summed E-state index contributed by atoms with van der Waals surface area (Å²) >= 11 is 0. The maximum Gasteiger partial charge on any atom is 0.342 e. The number of carbonyl (C=O) groups is 2. The monoisotopic (exact) mass is 154 g/mol. The summed E-state index contributed by atoms with van der Waals surface area (Å²) in [7, 11) is 0. The molecule has 0 aromatic heterocycles. The van der Waals surface area contributed by atoms with Crippen molar-refractivity contribution in [1.82, 2.24) is 0 Å². The molecule has 0 rings (SSSR count). The zero-order chi connectivity index (χ0) is 8.31. The maximum atomic E-state index is 11.8. The number of carboxylic acid groups (broad SMARTS) is 2. The van der Waals surface area contributed by atoms with Gasteiger partial charge >= 0.3 is 11.9 Å². The number of alkyl halides is 2. The van der Waals surface area contributed by atoms with E-state index in [9.17, 15) is 18.4 Å². The Bertz CT molecular complexity index is 139. The molecule has 0 aliphatic heterocycles. The van der Waals surface area contributed by atoms with E-state index in [2.05, 4.69) is 0 Å². The minimum atomic E-state index is -2.99. The van der Waals surface area contributed by atoms with Crippen LogP contribution in [-0.2, 0) is 9.59 Å². The molecule has 0 radical (unpaired) electrons. The zero-order valence-corrected chi connectivity index (χ0v) is 4.62. The number of carboxylic acids is 2. The number of rotatable bonds is 3. The van der Waals surface area contributed by atoms with Crippen molar-refractivity contribution in [3.63, 3.8) is 0 Å². The summed E-state index contributed by atoms with van der Waals surface area (Å²) in [5, 5.41) is 15.4. The summed E-state index contributed by atoms with van der Waals surface area (Å²) in [4.78, 5) is 19.1. The molecule has 10 heavy (non-hydrogen) atoms. The molecule has 0 aliphatic rings. The average Bonchev–Trinajstić information content (AvgIpc) is 1.84. The molecular formula is C4H4F2O4. The fourth-order valence-electron chi connectivity index (χ4n) is 0.250. The van der Waals surface area contributed by atoms with Crippen LogP contribution < -0.4 is 0 Å². The molecule has 58 valence electrons. The summed E-state index contributed by atoms with van der Waals surface area (Å²) in [6.07, 6.45) is -5.98. The third-order valence-electron chi connectivity index (χ3n) is 0.729. The number of hydrogen-bond donors (Lipinski definition) is 2. The third kappa shape index (κ3) is 1.96. The van der Waals surface area contributed by atoms with Crippen molar-refractivity contribution >= 4 is 11.9 Å². The average molecular weight is 154 g/mol. The Morgan fingerprint density at radius 2 is 1.20 bits per heavy atom. The van der Waals surface area contributed by atoms with E-state index in [1.807, 2.05) is 0 Å². The Morgan fingerprint density at radius 3 is 1.30 bits per heavy atom. The molecule has 2 atom stereocenters. The third-order valence-corrected chi connectivity index (χ3v) is 0.729. The Morgan fingerprint density at radius 1 is 1.00 bits per heavy atom. The highest BCUT2D eigenvalue weighted by molar-refractivity contribution is 5.83. The second-order valence-corrected chi connectivity index (χ2v) is 1.48. The maximum absolute atomic E-state index is 11.8. The molecule has 0 aromatic carbocycles. The van der Waals surface area contributed by atoms with Crippen molar-refractivity contribution in [2.24, 2.45) is 0 Å². The fourth-order valence-corrected chi connectivity index (χ4v) is 0.250. The normalized spacial score (nSPS) is 15.8. The number of hydrogen-bond acceptors (Lipinski definition) is 2. The molecule has 2 unspecified atom stereocenters. The summed E-state index contributed by atoms with van der Waals surface area (Å²) < 4.78 is 23.6. The van der Waals surface area contributed by atoms with Crippen LogP contribution >= 0.6 is 0 Å².